The van der Waals surface area contributed by atoms with E-state index >= 15 is 0 Å². The summed E-state index contributed by atoms with van der Waals surface area (Å²) < 4.78 is 0. The number of nitrogens with one attached hydrogen (secondary N) is 6. The third kappa shape index (κ3) is 18.7. The van der Waals surface area contributed by atoms with E-state index < -0.39 is 102 Å². The van der Waals surface area contributed by atoms with Gasteiger partial charge in [0.1, 0.15) is 36.3 Å². The second kappa shape index (κ2) is 23.8. The molecule has 7 atom stereocenters. The fourth-order valence-electron chi connectivity index (χ4n) is 5.56. The molecular formula is C37H69N7O9. The van der Waals surface area contributed by atoms with Crippen LogP contribution in [0.4, 0.5) is 0 Å². The number of hydrogen-bond acceptors (Lipinski definition) is 9. The van der Waals surface area contributed by atoms with Crippen molar-refractivity contribution in [1.82, 2.24) is 31.9 Å². The van der Waals surface area contributed by atoms with Crippen LogP contribution in [0.25, 0.3) is 0 Å². The predicted octanol–water partition coefficient (Wildman–Crippen LogP) is 0.796. The van der Waals surface area contributed by atoms with Gasteiger partial charge < -0.3 is 47.8 Å². The van der Waals surface area contributed by atoms with E-state index in [1.165, 1.54) is 0 Å². The van der Waals surface area contributed by atoms with Crippen molar-refractivity contribution in [3.63, 3.8) is 0 Å². The normalized spacial score (nSPS) is 15.7. The van der Waals surface area contributed by atoms with Gasteiger partial charge in [-0.25, -0.2) is 4.79 Å². The van der Waals surface area contributed by atoms with E-state index in [1.807, 2.05) is 55.4 Å². The Morgan fingerprint density at radius 1 is 0.434 bits per heavy atom. The van der Waals surface area contributed by atoms with Gasteiger partial charge in [0, 0.05) is 0 Å². The highest BCUT2D eigenvalue weighted by molar-refractivity contribution is 5.97. The molecule has 0 rings (SSSR count). The molecule has 0 heterocycles. The van der Waals surface area contributed by atoms with Crippen LogP contribution >= 0.6 is 0 Å². The topological polar surface area (TPSA) is 258 Å². The van der Waals surface area contributed by atoms with E-state index in [4.69, 9.17) is 5.73 Å². The second-order valence-corrected chi connectivity index (χ2v) is 16.4. The highest BCUT2D eigenvalue weighted by Gasteiger charge is 2.36. The Balaban J connectivity index is 6.13. The van der Waals surface area contributed by atoms with Crippen molar-refractivity contribution in [2.75, 3.05) is 6.61 Å². The molecule has 0 bridgehead atoms. The monoisotopic (exact) mass is 756 g/mol. The van der Waals surface area contributed by atoms with E-state index in [9.17, 15) is 43.8 Å². The third-order valence-electron chi connectivity index (χ3n) is 8.37. The molecule has 0 aliphatic carbocycles. The number of aliphatic hydroxyl groups excluding tert-OH is 1. The van der Waals surface area contributed by atoms with Crippen molar-refractivity contribution in [2.45, 2.75) is 151 Å². The van der Waals surface area contributed by atoms with Crippen molar-refractivity contribution in [2.24, 2.45) is 41.2 Å². The van der Waals surface area contributed by atoms with Crippen LogP contribution in [0.2, 0.25) is 0 Å². The van der Waals surface area contributed by atoms with Crippen LogP contribution in [0.3, 0.4) is 0 Å². The van der Waals surface area contributed by atoms with E-state index in [2.05, 4.69) is 31.9 Å². The number of amides is 6. The summed E-state index contributed by atoms with van der Waals surface area (Å²) in [7, 11) is 0. The summed E-state index contributed by atoms with van der Waals surface area (Å²) in [6.45, 7) is 21.0. The lowest BCUT2D eigenvalue weighted by Crippen LogP contribution is -2.61. The van der Waals surface area contributed by atoms with Gasteiger partial charge in [0.2, 0.25) is 35.4 Å². The maximum atomic E-state index is 13.8. The zero-order chi connectivity index (χ0) is 41.3. The molecule has 10 N–H and O–H groups in total. The quantitative estimate of drug-likeness (QED) is 0.0670. The maximum Gasteiger partial charge on any atom is 0.328 e. The van der Waals surface area contributed by atoms with Gasteiger partial charge in [0.05, 0.1) is 12.6 Å². The van der Waals surface area contributed by atoms with Crippen LogP contribution in [0.5, 0.6) is 0 Å². The zero-order valence-corrected chi connectivity index (χ0v) is 33.9. The molecule has 306 valence electrons. The van der Waals surface area contributed by atoms with Crippen LogP contribution in [0.1, 0.15) is 109 Å². The van der Waals surface area contributed by atoms with Crippen molar-refractivity contribution >= 4 is 41.4 Å². The van der Waals surface area contributed by atoms with E-state index in [0.29, 0.717) is 12.8 Å². The first-order chi connectivity index (χ1) is 24.4. The van der Waals surface area contributed by atoms with Crippen molar-refractivity contribution in [3.05, 3.63) is 0 Å². The molecule has 16 nitrogen and oxygen atoms in total. The molecule has 0 saturated heterocycles. The summed E-state index contributed by atoms with van der Waals surface area (Å²) in [5.41, 5.74) is 6.06. The lowest BCUT2D eigenvalue weighted by molar-refractivity contribution is -0.143. The minimum Gasteiger partial charge on any atom is -0.480 e. The molecule has 6 amide bonds. The highest BCUT2D eigenvalue weighted by Crippen LogP contribution is 2.13. The number of rotatable bonds is 24. The van der Waals surface area contributed by atoms with E-state index in [1.54, 1.807) is 27.7 Å². The zero-order valence-electron chi connectivity index (χ0n) is 33.9. The first-order valence-corrected chi connectivity index (χ1v) is 18.8. The Hall–Kier alpha value is -3.79. The molecule has 53 heavy (non-hydrogen) atoms. The number of nitrogens with two attached hydrogens (primary N) is 1. The molecular weight excluding hydrogens is 686 g/mol. The Labute approximate surface area is 315 Å². The van der Waals surface area contributed by atoms with Gasteiger partial charge in [0.15, 0.2) is 0 Å². The summed E-state index contributed by atoms with van der Waals surface area (Å²) in [5, 5.41) is 34.4. The number of carboxylic acid groups (broad SMARTS) is 1. The summed E-state index contributed by atoms with van der Waals surface area (Å²) in [5.74, 6) is -6.09. The van der Waals surface area contributed by atoms with Crippen LogP contribution < -0.4 is 37.6 Å². The molecule has 0 unspecified atom stereocenters. The summed E-state index contributed by atoms with van der Waals surface area (Å²) in [6.07, 6.45) is 1.06. The Morgan fingerprint density at radius 2 is 0.717 bits per heavy atom. The largest absolute Gasteiger partial charge is 0.480 e. The smallest absolute Gasteiger partial charge is 0.328 e. The van der Waals surface area contributed by atoms with Crippen molar-refractivity contribution < 1.29 is 43.8 Å². The first-order valence-electron chi connectivity index (χ1n) is 18.8. The minimum absolute atomic E-state index is 0.0286. The summed E-state index contributed by atoms with van der Waals surface area (Å²) >= 11 is 0. The van der Waals surface area contributed by atoms with Gasteiger partial charge in [-0.3, -0.25) is 28.8 Å². The van der Waals surface area contributed by atoms with Gasteiger partial charge >= 0.3 is 5.97 Å². The molecule has 0 aliphatic rings. The number of aliphatic hydroxyl groups is 1. The van der Waals surface area contributed by atoms with Crippen LogP contribution in [0, 0.1) is 35.5 Å². The molecule has 16 heteroatoms. The Bertz CT molecular complexity index is 1220. The average molecular weight is 756 g/mol. The molecule has 0 aromatic carbocycles. The van der Waals surface area contributed by atoms with Crippen LogP contribution in [0.15, 0.2) is 0 Å². The number of hydrogen-bond donors (Lipinski definition) is 9. The minimum atomic E-state index is -1.57. The fourth-order valence-corrected chi connectivity index (χ4v) is 5.56. The van der Waals surface area contributed by atoms with E-state index in [-0.39, 0.29) is 36.5 Å². The molecule has 0 spiro atoms. The van der Waals surface area contributed by atoms with Gasteiger partial charge in [-0.05, 0) is 61.2 Å². The summed E-state index contributed by atoms with van der Waals surface area (Å²) in [6, 6.07) is -7.81. The van der Waals surface area contributed by atoms with Crippen LogP contribution in [-0.4, -0.2) is 101 Å². The molecule has 0 fully saturated rings. The molecule has 0 aliphatic heterocycles. The van der Waals surface area contributed by atoms with Crippen molar-refractivity contribution in [3.8, 4) is 0 Å². The lowest BCUT2D eigenvalue weighted by Gasteiger charge is -2.30. The number of aliphatic carboxylic acids is 1. The average Bonchev–Trinajstić information content (AvgIpc) is 3.01. The highest BCUT2D eigenvalue weighted by atomic mass is 16.4. The molecule has 0 saturated carbocycles. The standard InChI is InChI=1S/C37H69N7O9/c1-18(2)13-24(38)31(46)39-27(16-21(7)8)34(49)43-30(23(11)12)36(51)44-29(22(9)10)35(50)41-26(15-20(5)6)32(47)40-25(14-19(3)4)33(48)42-28(17-45)37(52)53/h18-30,45H,13-17,38H2,1-12H3,(H,39,46)(H,40,47)(H,41,50)(H,42,48)(H,43,49)(H,44,51)(H,52,53)/t24-,25-,26-,27-,28-,29-,30-/m0/s1. The summed E-state index contributed by atoms with van der Waals surface area (Å²) in [4.78, 5) is 91.8. The number of carbonyl (C=O) groups is 7. The molecule has 0 aromatic heterocycles. The Morgan fingerprint density at radius 3 is 1.04 bits per heavy atom. The Kier molecular flexibility index (Phi) is 22.1. The SMILES string of the molecule is CC(C)C[C@H](NC(=O)[C@H](CC(C)C)NC(=O)[C@@H](NC(=O)[C@@H](NC(=O)[C@H](CC(C)C)NC(=O)[C@@H](N)CC(C)C)C(C)C)C(C)C)C(=O)N[C@@H](CO)C(=O)O. The number of carboxylic acids is 1. The lowest BCUT2D eigenvalue weighted by atomic mass is 9.97. The first kappa shape index (κ1) is 49.2. The van der Waals surface area contributed by atoms with Gasteiger partial charge in [-0.2, -0.15) is 0 Å². The predicted molar refractivity (Wildman–Crippen MR) is 202 cm³/mol. The van der Waals surface area contributed by atoms with Crippen molar-refractivity contribution in [1.29, 1.82) is 0 Å². The van der Waals surface area contributed by atoms with Gasteiger partial charge in [0.25, 0.3) is 0 Å². The van der Waals surface area contributed by atoms with Gasteiger partial charge in [-0.15, -0.1) is 0 Å². The molecule has 0 aromatic rings. The third-order valence-corrected chi connectivity index (χ3v) is 8.37. The fraction of sp³-hybridized carbons (Fsp3) is 0.811. The second-order valence-electron chi connectivity index (χ2n) is 16.4. The van der Waals surface area contributed by atoms with Crippen LogP contribution in [-0.2, 0) is 33.6 Å². The molecule has 0 radical (unpaired) electrons. The van der Waals surface area contributed by atoms with E-state index in [0.717, 1.165) is 0 Å². The van der Waals surface area contributed by atoms with Gasteiger partial charge in [-0.1, -0.05) is 83.1 Å². The number of carbonyl (C=O) groups excluding carboxylic acids is 6. The maximum absolute atomic E-state index is 13.8.